The van der Waals surface area contributed by atoms with E-state index < -0.39 is 0 Å². The number of methoxy groups -OCH3 is 1. The van der Waals surface area contributed by atoms with Crippen LogP contribution >= 0.6 is 11.6 Å². The molecule has 3 aromatic heterocycles. The number of halogens is 1. The second-order valence-corrected chi connectivity index (χ2v) is 7.86. The van der Waals surface area contributed by atoms with Crippen LogP contribution < -0.4 is 10.1 Å². The van der Waals surface area contributed by atoms with Crippen LogP contribution in [0, 0.1) is 0 Å². The van der Waals surface area contributed by atoms with E-state index in [1.54, 1.807) is 48.3 Å². The lowest BCUT2D eigenvalue weighted by Gasteiger charge is -2.17. The van der Waals surface area contributed by atoms with E-state index in [0.717, 1.165) is 19.6 Å². The molecule has 4 rings (SSSR count). The molecule has 0 unspecified atom stereocenters. The summed E-state index contributed by atoms with van der Waals surface area (Å²) in [6.07, 6.45) is 6.70. The number of anilines is 1. The van der Waals surface area contributed by atoms with Crippen molar-refractivity contribution >= 4 is 28.8 Å². The van der Waals surface area contributed by atoms with Crippen LogP contribution in [0.5, 0.6) is 5.75 Å². The molecule has 9 nitrogen and oxygen atoms in total. The number of carbonyl (C=O) groups excluding carboxylic acids is 1. The molecule has 10 heteroatoms. The number of carbonyl (C=O) groups is 1. The summed E-state index contributed by atoms with van der Waals surface area (Å²) in [5.74, 6) is 0.288. The van der Waals surface area contributed by atoms with E-state index in [-0.39, 0.29) is 5.91 Å². The number of likely N-dealkylation sites (N-methyl/N-ethyl adjacent to an activating group) is 1. The summed E-state index contributed by atoms with van der Waals surface area (Å²) in [6, 6.07) is 7.08. The second-order valence-electron chi connectivity index (χ2n) is 7.43. The van der Waals surface area contributed by atoms with E-state index >= 15 is 0 Å². The molecular formula is C23H26ClN7O2. The van der Waals surface area contributed by atoms with Gasteiger partial charge in [-0.1, -0.05) is 25.4 Å². The minimum atomic E-state index is -0.325. The van der Waals surface area contributed by atoms with Crippen LogP contribution in [0.25, 0.3) is 16.9 Å². The lowest BCUT2D eigenvalue weighted by Crippen LogP contribution is -2.27. The minimum Gasteiger partial charge on any atom is -0.496 e. The van der Waals surface area contributed by atoms with Crippen LogP contribution in [0.15, 0.2) is 49.1 Å². The zero-order chi connectivity index (χ0) is 23.4. The smallest absolute Gasteiger partial charge is 0.261 e. The zero-order valence-electron chi connectivity index (χ0n) is 18.8. The maximum atomic E-state index is 13.2. The van der Waals surface area contributed by atoms with Gasteiger partial charge in [0, 0.05) is 35.7 Å². The first-order valence-corrected chi connectivity index (χ1v) is 11.1. The third-order valence-corrected chi connectivity index (χ3v) is 5.73. The Bertz CT molecular complexity index is 1260. The van der Waals surface area contributed by atoms with E-state index in [1.165, 1.54) is 6.20 Å². The van der Waals surface area contributed by atoms with Crippen molar-refractivity contribution < 1.29 is 9.53 Å². The molecule has 0 atom stereocenters. The van der Waals surface area contributed by atoms with E-state index in [9.17, 15) is 4.79 Å². The Kier molecular flexibility index (Phi) is 6.90. The molecule has 3 heterocycles. The Hall–Kier alpha value is -3.43. The van der Waals surface area contributed by atoms with Crippen LogP contribution in [-0.2, 0) is 6.54 Å². The maximum Gasteiger partial charge on any atom is 0.261 e. The van der Waals surface area contributed by atoms with E-state index in [2.05, 4.69) is 34.1 Å². The molecular weight excluding hydrogens is 442 g/mol. The van der Waals surface area contributed by atoms with Crippen molar-refractivity contribution in [3.63, 3.8) is 0 Å². The van der Waals surface area contributed by atoms with Crippen molar-refractivity contribution in [2.24, 2.45) is 0 Å². The summed E-state index contributed by atoms with van der Waals surface area (Å²) in [4.78, 5) is 19.7. The van der Waals surface area contributed by atoms with Crippen LogP contribution in [-0.4, -0.2) is 61.9 Å². The second kappa shape index (κ2) is 10.0. The standard InChI is InChI=1S/C23H26ClN7O2/c1-4-29(5-2)11-12-30-15-19(21(28-30)17-13-16(24)7-8-20(17)33-3)27-23(32)18-14-26-31-10-6-9-25-22(18)31/h6-10,13-15H,4-5,11-12H2,1-3H3,(H,27,32). The molecule has 0 fully saturated rings. The Balaban J connectivity index is 1.71. The normalized spacial score (nSPS) is 11.3. The van der Waals surface area contributed by atoms with Crippen molar-refractivity contribution in [2.75, 3.05) is 32.1 Å². The Morgan fingerprint density at radius 3 is 2.85 bits per heavy atom. The highest BCUT2D eigenvalue weighted by Gasteiger charge is 2.21. The molecule has 0 saturated carbocycles. The number of benzene rings is 1. The molecule has 0 spiro atoms. The van der Waals surface area contributed by atoms with Gasteiger partial charge in [0.15, 0.2) is 5.65 Å². The molecule has 0 bridgehead atoms. The summed E-state index contributed by atoms with van der Waals surface area (Å²) < 4.78 is 8.92. The highest BCUT2D eigenvalue weighted by atomic mass is 35.5. The van der Waals surface area contributed by atoms with Gasteiger partial charge < -0.3 is 15.0 Å². The van der Waals surface area contributed by atoms with Gasteiger partial charge in [0.05, 0.1) is 25.5 Å². The summed E-state index contributed by atoms with van der Waals surface area (Å²) in [7, 11) is 1.59. The van der Waals surface area contributed by atoms with Gasteiger partial charge in [0.2, 0.25) is 0 Å². The number of rotatable bonds is 9. The minimum absolute atomic E-state index is 0.325. The van der Waals surface area contributed by atoms with Crippen molar-refractivity contribution in [2.45, 2.75) is 20.4 Å². The van der Waals surface area contributed by atoms with Crippen molar-refractivity contribution in [3.05, 3.63) is 59.6 Å². The SMILES string of the molecule is CCN(CC)CCn1cc(NC(=O)c2cnn3cccnc23)c(-c2cc(Cl)ccc2OC)n1. The highest BCUT2D eigenvalue weighted by molar-refractivity contribution is 6.31. The average molecular weight is 468 g/mol. The van der Waals surface area contributed by atoms with E-state index in [0.29, 0.717) is 45.5 Å². The summed E-state index contributed by atoms with van der Waals surface area (Å²) in [5, 5.41) is 12.5. The number of fused-ring (bicyclic) bond motifs is 1. The topological polar surface area (TPSA) is 89.6 Å². The first-order chi connectivity index (χ1) is 16.0. The van der Waals surface area contributed by atoms with E-state index in [4.69, 9.17) is 21.4 Å². The predicted molar refractivity (Wildman–Crippen MR) is 128 cm³/mol. The summed E-state index contributed by atoms with van der Waals surface area (Å²) in [5.41, 5.74) is 2.67. The van der Waals surface area contributed by atoms with Gasteiger partial charge in [0.25, 0.3) is 5.91 Å². The number of nitrogens with zero attached hydrogens (tertiary/aromatic N) is 6. The molecule has 0 aliphatic heterocycles. The third kappa shape index (κ3) is 4.84. The summed E-state index contributed by atoms with van der Waals surface area (Å²) in [6.45, 7) is 7.68. The monoisotopic (exact) mass is 467 g/mol. The van der Waals surface area contributed by atoms with Gasteiger partial charge in [-0.05, 0) is 37.4 Å². The number of hydrogen-bond acceptors (Lipinski definition) is 6. The molecule has 0 aliphatic rings. The molecule has 1 amide bonds. The molecule has 1 aromatic carbocycles. The number of aromatic nitrogens is 5. The number of hydrogen-bond donors (Lipinski definition) is 1. The lowest BCUT2D eigenvalue weighted by molar-refractivity contribution is 0.102. The van der Waals surface area contributed by atoms with Gasteiger partial charge >= 0.3 is 0 Å². The molecule has 4 aromatic rings. The maximum absolute atomic E-state index is 13.2. The zero-order valence-corrected chi connectivity index (χ0v) is 19.6. The molecule has 172 valence electrons. The van der Waals surface area contributed by atoms with Crippen molar-refractivity contribution in [3.8, 4) is 17.0 Å². The number of nitrogens with one attached hydrogen (secondary N) is 1. The largest absolute Gasteiger partial charge is 0.496 e. The van der Waals surface area contributed by atoms with Crippen LogP contribution in [0.3, 0.4) is 0 Å². The van der Waals surface area contributed by atoms with Crippen molar-refractivity contribution in [1.82, 2.24) is 29.3 Å². The van der Waals surface area contributed by atoms with Gasteiger partial charge in [-0.3, -0.25) is 9.48 Å². The van der Waals surface area contributed by atoms with Gasteiger partial charge in [-0.15, -0.1) is 0 Å². The summed E-state index contributed by atoms with van der Waals surface area (Å²) >= 11 is 6.27. The number of ether oxygens (including phenoxy) is 1. The van der Waals surface area contributed by atoms with Gasteiger partial charge in [0.1, 0.15) is 17.0 Å². The first kappa shape index (κ1) is 22.8. The van der Waals surface area contributed by atoms with Gasteiger partial charge in [-0.2, -0.15) is 10.2 Å². The Labute approximate surface area is 196 Å². The molecule has 1 N–H and O–H groups in total. The fourth-order valence-electron chi connectivity index (χ4n) is 3.65. The molecule has 0 aliphatic carbocycles. The van der Waals surface area contributed by atoms with Crippen molar-refractivity contribution in [1.29, 1.82) is 0 Å². The predicted octanol–water partition coefficient (Wildman–Crippen LogP) is 3.85. The third-order valence-electron chi connectivity index (χ3n) is 5.49. The fourth-order valence-corrected chi connectivity index (χ4v) is 3.82. The molecule has 33 heavy (non-hydrogen) atoms. The average Bonchev–Trinajstić information content (AvgIpc) is 3.44. The van der Waals surface area contributed by atoms with Gasteiger partial charge in [-0.25, -0.2) is 9.50 Å². The first-order valence-electron chi connectivity index (χ1n) is 10.8. The Morgan fingerprint density at radius 2 is 2.09 bits per heavy atom. The fraction of sp³-hybridized carbons (Fsp3) is 0.304. The van der Waals surface area contributed by atoms with E-state index in [1.807, 2.05) is 10.9 Å². The number of amides is 1. The lowest BCUT2D eigenvalue weighted by atomic mass is 10.1. The molecule has 0 saturated heterocycles. The van der Waals surface area contributed by atoms with Crippen LogP contribution in [0.4, 0.5) is 5.69 Å². The highest BCUT2D eigenvalue weighted by Crippen LogP contribution is 2.36. The molecule has 0 radical (unpaired) electrons. The van der Waals surface area contributed by atoms with Crippen LogP contribution in [0.1, 0.15) is 24.2 Å². The Morgan fingerprint density at radius 1 is 1.27 bits per heavy atom. The van der Waals surface area contributed by atoms with Crippen LogP contribution in [0.2, 0.25) is 5.02 Å². The quantitative estimate of drug-likeness (QED) is 0.402.